The van der Waals surface area contributed by atoms with Crippen LogP contribution in [0.1, 0.15) is 15.8 Å². The predicted molar refractivity (Wildman–Crippen MR) is 81.3 cm³/mol. The van der Waals surface area contributed by atoms with Gasteiger partial charge in [-0.3, -0.25) is 4.79 Å². The Morgan fingerprint density at radius 3 is 2.75 bits per heavy atom. The van der Waals surface area contributed by atoms with Crippen molar-refractivity contribution in [2.24, 2.45) is 0 Å². The third kappa shape index (κ3) is 2.88. The van der Waals surface area contributed by atoms with Gasteiger partial charge in [0.15, 0.2) is 0 Å². The first-order valence-electron chi connectivity index (χ1n) is 6.43. The zero-order valence-corrected chi connectivity index (χ0v) is 12.4. The number of hydrogen-bond donors (Lipinski definition) is 0. The van der Waals surface area contributed by atoms with Gasteiger partial charge in [0.2, 0.25) is 5.91 Å². The van der Waals surface area contributed by atoms with Crippen LogP contribution >= 0.6 is 23.1 Å². The second kappa shape index (κ2) is 5.97. The Labute approximate surface area is 125 Å². The number of nitrogens with zero attached hydrogens (tertiary/aromatic N) is 1. The van der Waals surface area contributed by atoms with Gasteiger partial charge in [0.05, 0.1) is 5.75 Å². The van der Waals surface area contributed by atoms with Gasteiger partial charge < -0.3 is 4.90 Å². The van der Waals surface area contributed by atoms with Crippen molar-refractivity contribution in [1.82, 2.24) is 4.90 Å². The summed E-state index contributed by atoms with van der Waals surface area (Å²) in [6, 6.07) is 10.6. The number of carbonyl (C=O) groups is 1. The minimum absolute atomic E-state index is 0.0167. The summed E-state index contributed by atoms with van der Waals surface area (Å²) in [5, 5.41) is 2.07. The second-order valence-corrected chi connectivity index (χ2v) is 6.73. The van der Waals surface area contributed by atoms with Crippen LogP contribution < -0.4 is 0 Å². The number of halogens is 1. The number of benzene rings is 1. The zero-order chi connectivity index (χ0) is 13.9. The lowest BCUT2D eigenvalue weighted by molar-refractivity contribution is -0.128. The summed E-state index contributed by atoms with van der Waals surface area (Å²) < 4.78 is 13.0. The number of carbonyl (C=O) groups excluding carboxylic acids is 1. The summed E-state index contributed by atoms with van der Waals surface area (Å²) in [7, 11) is 0. The molecule has 1 aliphatic heterocycles. The molecular weight excluding hydrogens is 293 g/mol. The molecule has 2 aromatic rings. The fraction of sp³-hybridized carbons (Fsp3) is 0.267. The highest BCUT2D eigenvalue weighted by Crippen LogP contribution is 2.38. The van der Waals surface area contributed by atoms with Crippen LogP contribution in [-0.2, 0) is 11.2 Å². The third-order valence-electron chi connectivity index (χ3n) is 3.30. The smallest absolute Gasteiger partial charge is 0.233 e. The standard InChI is InChI=1S/C15H14FNOS2/c16-12-5-3-11(4-6-12)15-17(14(18)10-20-15)8-7-13-2-1-9-19-13/h1-6,9,15H,7-8,10H2. The van der Waals surface area contributed by atoms with Crippen LogP contribution in [0.15, 0.2) is 41.8 Å². The largest absolute Gasteiger partial charge is 0.325 e. The van der Waals surface area contributed by atoms with Crippen molar-refractivity contribution in [1.29, 1.82) is 0 Å². The van der Waals surface area contributed by atoms with Crippen LogP contribution in [0.3, 0.4) is 0 Å². The van der Waals surface area contributed by atoms with Crippen molar-refractivity contribution in [3.8, 4) is 0 Å². The van der Waals surface area contributed by atoms with Crippen LogP contribution in [0.25, 0.3) is 0 Å². The summed E-state index contributed by atoms with van der Waals surface area (Å²) in [6.07, 6.45) is 0.877. The van der Waals surface area contributed by atoms with Gasteiger partial charge in [-0.1, -0.05) is 18.2 Å². The number of amides is 1. The van der Waals surface area contributed by atoms with Crippen molar-refractivity contribution >= 4 is 29.0 Å². The molecule has 1 atom stereocenters. The third-order valence-corrected chi connectivity index (χ3v) is 5.49. The van der Waals surface area contributed by atoms with E-state index in [-0.39, 0.29) is 17.1 Å². The van der Waals surface area contributed by atoms with Crippen LogP contribution in [-0.4, -0.2) is 23.1 Å². The normalized spacial score (nSPS) is 18.8. The molecular formula is C15H14FNOS2. The minimum Gasteiger partial charge on any atom is -0.325 e. The van der Waals surface area contributed by atoms with E-state index in [1.54, 1.807) is 35.2 Å². The monoisotopic (exact) mass is 307 g/mol. The highest BCUT2D eigenvalue weighted by Gasteiger charge is 2.32. The Morgan fingerprint density at radius 2 is 2.05 bits per heavy atom. The molecule has 0 aliphatic carbocycles. The maximum atomic E-state index is 13.0. The van der Waals surface area contributed by atoms with E-state index in [0.29, 0.717) is 12.3 Å². The fourth-order valence-electron chi connectivity index (χ4n) is 2.28. The van der Waals surface area contributed by atoms with Crippen molar-refractivity contribution in [2.75, 3.05) is 12.3 Å². The first-order chi connectivity index (χ1) is 9.74. The molecule has 1 aliphatic rings. The van der Waals surface area contributed by atoms with Gasteiger partial charge in [0.25, 0.3) is 0 Å². The Bertz CT molecular complexity index is 582. The molecule has 1 aromatic heterocycles. The molecule has 1 amide bonds. The summed E-state index contributed by atoms with van der Waals surface area (Å²) >= 11 is 3.32. The van der Waals surface area contributed by atoms with E-state index >= 15 is 0 Å². The number of hydrogen-bond acceptors (Lipinski definition) is 3. The van der Waals surface area contributed by atoms with E-state index in [0.717, 1.165) is 12.0 Å². The molecule has 0 radical (unpaired) electrons. The molecule has 1 unspecified atom stereocenters. The predicted octanol–water partition coefficient (Wildman–Crippen LogP) is 3.70. The second-order valence-electron chi connectivity index (χ2n) is 4.63. The van der Waals surface area contributed by atoms with Gasteiger partial charge in [-0.2, -0.15) is 0 Å². The van der Waals surface area contributed by atoms with E-state index in [1.165, 1.54) is 17.0 Å². The molecule has 20 heavy (non-hydrogen) atoms. The molecule has 1 fully saturated rings. The van der Waals surface area contributed by atoms with E-state index in [9.17, 15) is 9.18 Å². The first-order valence-corrected chi connectivity index (χ1v) is 8.36. The highest BCUT2D eigenvalue weighted by atomic mass is 32.2. The molecule has 1 aromatic carbocycles. The number of thiophene rings is 1. The topological polar surface area (TPSA) is 20.3 Å². The van der Waals surface area contributed by atoms with Gasteiger partial charge in [0.1, 0.15) is 11.2 Å². The molecule has 5 heteroatoms. The van der Waals surface area contributed by atoms with Gasteiger partial charge in [-0.05, 0) is 35.6 Å². The molecule has 0 N–H and O–H groups in total. The van der Waals surface area contributed by atoms with E-state index in [2.05, 4.69) is 6.07 Å². The van der Waals surface area contributed by atoms with Crippen LogP contribution in [0, 0.1) is 5.82 Å². The Morgan fingerprint density at radius 1 is 1.25 bits per heavy atom. The quantitative estimate of drug-likeness (QED) is 0.858. The average molecular weight is 307 g/mol. The Balaban J connectivity index is 1.73. The molecule has 0 saturated carbocycles. The lowest BCUT2D eigenvalue weighted by atomic mass is 10.2. The number of thioether (sulfide) groups is 1. The van der Waals surface area contributed by atoms with Crippen molar-refractivity contribution in [2.45, 2.75) is 11.8 Å². The van der Waals surface area contributed by atoms with Crippen molar-refractivity contribution in [3.63, 3.8) is 0 Å². The summed E-state index contributed by atoms with van der Waals surface area (Å²) in [6.45, 7) is 0.717. The lowest BCUT2D eigenvalue weighted by Gasteiger charge is -2.24. The maximum Gasteiger partial charge on any atom is 0.233 e. The van der Waals surface area contributed by atoms with Gasteiger partial charge in [0, 0.05) is 11.4 Å². The summed E-state index contributed by atoms with van der Waals surface area (Å²) in [4.78, 5) is 15.2. The van der Waals surface area contributed by atoms with Crippen molar-refractivity contribution < 1.29 is 9.18 Å². The van der Waals surface area contributed by atoms with E-state index < -0.39 is 0 Å². The van der Waals surface area contributed by atoms with E-state index in [4.69, 9.17) is 0 Å². The van der Waals surface area contributed by atoms with Crippen LogP contribution in [0.5, 0.6) is 0 Å². The zero-order valence-electron chi connectivity index (χ0n) is 10.8. The fourth-order valence-corrected chi connectivity index (χ4v) is 4.20. The Kier molecular flexibility index (Phi) is 4.08. The van der Waals surface area contributed by atoms with Crippen molar-refractivity contribution in [3.05, 3.63) is 58.0 Å². The maximum absolute atomic E-state index is 13.0. The Hall–Kier alpha value is -1.33. The molecule has 0 spiro atoms. The SMILES string of the molecule is O=C1CSC(c2ccc(F)cc2)N1CCc1cccs1. The molecule has 2 nitrogen and oxygen atoms in total. The molecule has 0 bridgehead atoms. The molecule has 1 saturated heterocycles. The lowest BCUT2D eigenvalue weighted by Crippen LogP contribution is -2.30. The van der Waals surface area contributed by atoms with Gasteiger partial charge >= 0.3 is 0 Å². The molecule has 3 rings (SSSR count). The number of rotatable bonds is 4. The molecule has 104 valence electrons. The average Bonchev–Trinajstić information content (AvgIpc) is 3.07. The summed E-state index contributed by atoms with van der Waals surface area (Å²) in [5.41, 5.74) is 0.994. The van der Waals surface area contributed by atoms with Crippen LogP contribution in [0.2, 0.25) is 0 Å². The molecule has 2 heterocycles. The first kappa shape index (κ1) is 13.6. The van der Waals surface area contributed by atoms with Crippen LogP contribution in [0.4, 0.5) is 4.39 Å². The summed E-state index contributed by atoms with van der Waals surface area (Å²) in [5.74, 6) is 0.432. The van der Waals surface area contributed by atoms with Gasteiger partial charge in [-0.25, -0.2) is 4.39 Å². The minimum atomic E-state index is -0.242. The van der Waals surface area contributed by atoms with E-state index in [1.807, 2.05) is 16.3 Å². The highest BCUT2D eigenvalue weighted by molar-refractivity contribution is 8.00. The van der Waals surface area contributed by atoms with Gasteiger partial charge in [-0.15, -0.1) is 23.1 Å².